The van der Waals surface area contributed by atoms with Gasteiger partial charge in [-0.15, -0.1) is 0 Å². The molecule has 0 atom stereocenters. The van der Waals surface area contributed by atoms with E-state index in [1.165, 1.54) is 24.2 Å². The molecule has 20 heavy (non-hydrogen) atoms. The van der Waals surface area contributed by atoms with Gasteiger partial charge in [-0.3, -0.25) is 4.79 Å². The highest BCUT2D eigenvalue weighted by molar-refractivity contribution is 7.18. The summed E-state index contributed by atoms with van der Waals surface area (Å²) < 4.78 is 0. The van der Waals surface area contributed by atoms with Crippen molar-refractivity contribution in [1.29, 1.82) is 0 Å². The van der Waals surface area contributed by atoms with Crippen molar-refractivity contribution in [3.63, 3.8) is 0 Å². The number of hydrogen-bond donors (Lipinski definition) is 3. The van der Waals surface area contributed by atoms with Gasteiger partial charge in [-0.2, -0.15) is 0 Å². The highest BCUT2D eigenvalue weighted by Crippen LogP contribution is 2.31. The summed E-state index contributed by atoms with van der Waals surface area (Å²) >= 11 is 1.32. The smallest absolute Gasteiger partial charge is 0.265 e. The van der Waals surface area contributed by atoms with E-state index < -0.39 is 0 Å². The Kier molecular flexibility index (Phi) is 3.95. The summed E-state index contributed by atoms with van der Waals surface area (Å²) in [6.07, 6.45) is 4.41. The fourth-order valence-corrected chi connectivity index (χ4v) is 3.47. The Hall–Kier alpha value is -1.30. The second-order valence-corrected chi connectivity index (χ2v) is 7.83. The molecule has 0 unspecified atom stereocenters. The van der Waals surface area contributed by atoms with Crippen LogP contribution in [-0.4, -0.2) is 22.0 Å². The van der Waals surface area contributed by atoms with Crippen LogP contribution in [0.3, 0.4) is 0 Å². The van der Waals surface area contributed by atoms with Crippen molar-refractivity contribution in [1.82, 2.24) is 10.3 Å². The summed E-state index contributed by atoms with van der Waals surface area (Å²) in [5, 5.41) is 7.05. The predicted molar refractivity (Wildman–Crippen MR) is 84.2 cm³/mol. The number of anilines is 2. The number of nitrogens with one attached hydrogen (secondary N) is 2. The van der Waals surface area contributed by atoms with Gasteiger partial charge in [-0.25, -0.2) is 4.98 Å². The number of nitrogens with two attached hydrogens (primary N) is 1. The molecule has 5 nitrogen and oxygen atoms in total. The van der Waals surface area contributed by atoms with Crippen LogP contribution in [0.4, 0.5) is 10.9 Å². The summed E-state index contributed by atoms with van der Waals surface area (Å²) in [6, 6.07) is 0. The van der Waals surface area contributed by atoms with Crippen molar-refractivity contribution in [2.24, 2.45) is 0 Å². The van der Waals surface area contributed by atoms with Crippen molar-refractivity contribution < 1.29 is 4.79 Å². The van der Waals surface area contributed by atoms with Gasteiger partial charge in [0.1, 0.15) is 10.7 Å². The number of amides is 1. The van der Waals surface area contributed by atoms with Crippen LogP contribution in [0.25, 0.3) is 0 Å². The zero-order valence-electron chi connectivity index (χ0n) is 12.7. The van der Waals surface area contributed by atoms with E-state index >= 15 is 0 Å². The van der Waals surface area contributed by atoms with Gasteiger partial charge in [0, 0.05) is 11.1 Å². The Morgan fingerprint density at radius 3 is 2.50 bits per heavy atom. The maximum Gasteiger partial charge on any atom is 0.265 e. The summed E-state index contributed by atoms with van der Waals surface area (Å²) in [5.74, 6) is 0.201. The molecule has 1 amide bonds. The van der Waals surface area contributed by atoms with Crippen molar-refractivity contribution in [2.45, 2.75) is 64.5 Å². The number of carbonyl (C=O) groups excluding carboxylic acids is 1. The number of hydrogen-bond acceptors (Lipinski definition) is 5. The molecule has 112 valence electrons. The lowest BCUT2D eigenvalue weighted by molar-refractivity contribution is 0.0913. The normalized spacial score (nSPS) is 18.0. The molecule has 0 radical (unpaired) electrons. The quantitative estimate of drug-likeness (QED) is 0.801. The van der Waals surface area contributed by atoms with Crippen molar-refractivity contribution in [3.8, 4) is 0 Å². The minimum atomic E-state index is -0.105. The second-order valence-electron chi connectivity index (χ2n) is 6.83. The lowest BCUT2D eigenvalue weighted by atomic mass is 10.0. The molecule has 6 heteroatoms. The number of nitrogen functional groups attached to an aromatic ring is 1. The highest BCUT2D eigenvalue weighted by atomic mass is 32.1. The zero-order valence-corrected chi connectivity index (χ0v) is 13.5. The third-order valence-corrected chi connectivity index (χ3v) is 4.45. The van der Waals surface area contributed by atoms with Gasteiger partial charge in [0.25, 0.3) is 5.91 Å². The minimum Gasteiger partial charge on any atom is -0.382 e. The fourth-order valence-electron chi connectivity index (χ4n) is 2.48. The number of thiazole rings is 1. The largest absolute Gasteiger partial charge is 0.382 e. The Bertz CT molecular complexity index is 498. The van der Waals surface area contributed by atoms with Crippen LogP contribution in [0.15, 0.2) is 0 Å². The molecule has 0 aliphatic heterocycles. The number of nitrogens with zero attached hydrogens (tertiary/aromatic N) is 1. The Balaban J connectivity index is 2.10. The van der Waals surface area contributed by atoms with E-state index in [0.717, 1.165) is 12.8 Å². The number of aromatic nitrogens is 1. The molecular weight excluding hydrogens is 272 g/mol. The molecule has 0 saturated heterocycles. The SMILES string of the molecule is CC(C)(C)Nc1nc(N)c(C(=O)NC2(C)CCCC2)s1. The van der Waals surface area contributed by atoms with E-state index in [9.17, 15) is 4.79 Å². The summed E-state index contributed by atoms with van der Waals surface area (Å²) in [4.78, 5) is 17.1. The van der Waals surface area contributed by atoms with Gasteiger partial charge >= 0.3 is 0 Å². The van der Waals surface area contributed by atoms with Crippen LogP contribution in [0.1, 0.15) is 63.0 Å². The molecule has 1 aliphatic rings. The van der Waals surface area contributed by atoms with Crippen LogP contribution in [0, 0.1) is 0 Å². The molecule has 1 aromatic rings. The van der Waals surface area contributed by atoms with Gasteiger partial charge in [0.05, 0.1) is 0 Å². The maximum atomic E-state index is 12.4. The molecule has 2 rings (SSSR count). The Morgan fingerprint density at radius 2 is 1.95 bits per heavy atom. The summed E-state index contributed by atoms with van der Waals surface area (Å²) in [6.45, 7) is 8.24. The average molecular weight is 296 g/mol. The lowest BCUT2D eigenvalue weighted by Gasteiger charge is -2.24. The lowest BCUT2D eigenvalue weighted by Crippen LogP contribution is -2.43. The molecule has 0 bridgehead atoms. The molecule has 1 heterocycles. The predicted octanol–water partition coefficient (Wildman–Crippen LogP) is 3.00. The first kappa shape index (κ1) is 15.1. The van der Waals surface area contributed by atoms with Crippen molar-refractivity contribution in [3.05, 3.63) is 4.88 Å². The zero-order chi connectivity index (χ0) is 15.0. The van der Waals surface area contributed by atoms with E-state index in [1.54, 1.807) is 0 Å². The molecular formula is C14H24N4OS. The number of carbonyl (C=O) groups is 1. The van der Waals surface area contributed by atoms with E-state index in [1.807, 2.05) is 20.8 Å². The van der Waals surface area contributed by atoms with Crippen LogP contribution in [0.2, 0.25) is 0 Å². The number of rotatable bonds is 3. The van der Waals surface area contributed by atoms with Crippen molar-refractivity contribution >= 4 is 28.2 Å². The molecule has 0 spiro atoms. The first-order valence-electron chi connectivity index (χ1n) is 7.06. The third-order valence-electron chi connectivity index (χ3n) is 3.46. The van der Waals surface area contributed by atoms with Gasteiger partial charge in [0.15, 0.2) is 5.13 Å². The first-order valence-corrected chi connectivity index (χ1v) is 7.87. The van der Waals surface area contributed by atoms with Gasteiger partial charge in [-0.1, -0.05) is 24.2 Å². The van der Waals surface area contributed by atoms with Gasteiger partial charge in [0.2, 0.25) is 0 Å². The van der Waals surface area contributed by atoms with Gasteiger partial charge in [-0.05, 0) is 40.5 Å². The van der Waals surface area contributed by atoms with Crippen LogP contribution >= 0.6 is 11.3 Å². The fraction of sp³-hybridized carbons (Fsp3) is 0.714. The third kappa shape index (κ3) is 3.62. The van der Waals surface area contributed by atoms with E-state index in [2.05, 4.69) is 22.5 Å². The molecule has 1 saturated carbocycles. The summed E-state index contributed by atoms with van der Waals surface area (Å²) in [7, 11) is 0. The molecule has 4 N–H and O–H groups in total. The Morgan fingerprint density at radius 1 is 1.35 bits per heavy atom. The van der Waals surface area contributed by atoms with Crippen molar-refractivity contribution in [2.75, 3.05) is 11.1 Å². The van der Waals surface area contributed by atoms with E-state index in [-0.39, 0.29) is 17.0 Å². The standard InChI is InChI=1S/C14H24N4OS/c1-13(2,3)18-12-16-10(15)9(20-12)11(19)17-14(4)7-5-6-8-14/h5-8,15H2,1-4H3,(H,16,18)(H,17,19). The molecule has 1 aromatic heterocycles. The molecule has 0 aromatic carbocycles. The second kappa shape index (κ2) is 5.24. The molecule has 1 fully saturated rings. The average Bonchev–Trinajstić information content (AvgIpc) is 2.83. The minimum absolute atomic E-state index is 0.0921. The summed E-state index contributed by atoms with van der Waals surface area (Å²) in [5.41, 5.74) is 5.68. The molecule has 1 aliphatic carbocycles. The monoisotopic (exact) mass is 296 g/mol. The maximum absolute atomic E-state index is 12.4. The highest BCUT2D eigenvalue weighted by Gasteiger charge is 2.31. The van der Waals surface area contributed by atoms with Crippen LogP contribution in [0.5, 0.6) is 0 Å². The van der Waals surface area contributed by atoms with Gasteiger partial charge < -0.3 is 16.4 Å². The Labute approximate surface area is 124 Å². The van der Waals surface area contributed by atoms with E-state index in [0.29, 0.717) is 15.8 Å². The van der Waals surface area contributed by atoms with E-state index in [4.69, 9.17) is 5.73 Å². The topological polar surface area (TPSA) is 80.0 Å². The first-order chi connectivity index (χ1) is 9.19. The van der Waals surface area contributed by atoms with Crippen LogP contribution in [-0.2, 0) is 0 Å². The van der Waals surface area contributed by atoms with Crippen LogP contribution < -0.4 is 16.4 Å².